The van der Waals surface area contributed by atoms with E-state index in [0.717, 1.165) is 22.9 Å². The normalized spacial score (nSPS) is 19.3. The molecule has 1 N–H and O–H groups in total. The third-order valence-electron chi connectivity index (χ3n) is 6.35. The third-order valence-corrected chi connectivity index (χ3v) is 8.24. The lowest BCUT2D eigenvalue weighted by Gasteiger charge is -2.18. The van der Waals surface area contributed by atoms with Gasteiger partial charge < -0.3 is 4.57 Å². The summed E-state index contributed by atoms with van der Waals surface area (Å²) < 4.78 is 70.7. The van der Waals surface area contributed by atoms with Gasteiger partial charge in [0.1, 0.15) is 0 Å². The van der Waals surface area contributed by atoms with Crippen LogP contribution in [0.4, 0.5) is 13.2 Å². The number of aromatic nitrogens is 2. The minimum atomic E-state index is -4.50. The summed E-state index contributed by atoms with van der Waals surface area (Å²) in [5.74, 6) is 0.221. The van der Waals surface area contributed by atoms with E-state index in [2.05, 4.69) is 16.6 Å². The molecule has 6 rings (SSSR count). The molecule has 1 fully saturated rings. The molecule has 1 atom stereocenters. The van der Waals surface area contributed by atoms with Crippen molar-refractivity contribution in [2.24, 2.45) is 5.92 Å². The van der Waals surface area contributed by atoms with Gasteiger partial charge in [-0.05, 0) is 54.9 Å². The summed E-state index contributed by atoms with van der Waals surface area (Å²) >= 11 is 0. The standard InChI is InChI=1S/C23H24F3N3O2S/c1-14-2-3-15-8-20(23(24,25)26)22(27-10-15)16-4-7-19-17(13-29(12-14)21(19)9-16)11-28-32(30,31)18-5-6-18/h4,7-10,13-14,18,28H,2-3,5-6,11-12H2,1H3. The molecule has 9 heteroatoms. The van der Waals surface area contributed by atoms with Crippen molar-refractivity contribution in [1.29, 1.82) is 0 Å². The zero-order valence-corrected chi connectivity index (χ0v) is 18.4. The molecule has 0 amide bonds. The number of alkyl halides is 3. The monoisotopic (exact) mass is 463 g/mol. The lowest BCUT2D eigenvalue weighted by molar-refractivity contribution is -0.137. The fourth-order valence-corrected chi connectivity index (χ4v) is 5.76. The molecule has 3 aliphatic rings. The molecule has 2 aliphatic heterocycles. The minimum Gasteiger partial charge on any atom is -0.347 e. The molecule has 4 bridgehead atoms. The van der Waals surface area contributed by atoms with E-state index < -0.39 is 21.8 Å². The van der Waals surface area contributed by atoms with Crippen LogP contribution in [0.1, 0.15) is 42.9 Å². The molecular weight excluding hydrogens is 439 g/mol. The van der Waals surface area contributed by atoms with Crippen LogP contribution in [0.15, 0.2) is 36.7 Å². The summed E-state index contributed by atoms with van der Waals surface area (Å²) in [6, 6.07) is 6.36. The molecule has 0 radical (unpaired) electrons. The minimum absolute atomic E-state index is 0.0829. The molecule has 1 unspecified atom stereocenters. The van der Waals surface area contributed by atoms with E-state index in [1.54, 1.807) is 24.4 Å². The SMILES string of the molecule is CC1CCc2cnc(c(C(F)(F)F)c2)-c2ccc3c(CNS(=O)(=O)C4CC4)cn(c3c2)C1. The molecule has 1 aromatic carbocycles. The van der Waals surface area contributed by atoms with E-state index in [-0.39, 0.29) is 23.4 Å². The van der Waals surface area contributed by atoms with Crippen molar-refractivity contribution >= 4 is 20.9 Å². The van der Waals surface area contributed by atoms with Crippen molar-refractivity contribution in [3.05, 3.63) is 53.3 Å². The summed E-state index contributed by atoms with van der Waals surface area (Å²) in [6.07, 6.45) is 1.57. The van der Waals surface area contributed by atoms with Gasteiger partial charge in [-0.2, -0.15) is 13.2 Å². The van der Waals surface area contributed by atoms with Crippen LogP contribution in [-0.4, -0.2) is 23.2 Å². The molecule has 3 aromatic rings. The van der Waals surface area contributed by atoms with Gasteiger partial charge in [0.05, 0.1) is 16.5 Å². The Morgan fingerprint density at radius 1 is 1.19 bits per heavy atom. The number of hydrogen-bond acceptors (Lipinski definition) is 3. The van der Waals surface area contributed by atoms with Gasteiger partial charge >= 0.3 is 6.18 Å². The number of benzene rings is 1. The summed E-state index contributed by atoms with van der Waals surface area (Å²) in [4.78, 5) is 4.20. The molecule has 32 heavy (non-hydrogen) atoms. The number of aryl methyl sites for hydroxylation is 1. The van der Waals surface area contributed by atoms with E-state index in [1.807, 2.05) is 10.8 Å². The van der Waals surface area contributed by atoms with Gasteiger partial charge in [0.25, 0.3) is 0 Å². The molecule has 2 aromatic heterocycles. The van der Waals surface area contributed by atoms with E-state index >= 15 is 0 Å². The molecule has 1 aliphatic carbocycles. The number of halogens is 3. The molecular formula is C23H24F3N3O2S. The predicted octanol–water partition coefficient (Wildman–Crippen LogP) is 4.89. The number of nitrogens with zero attached hydrogens (tertiary/aromatic N) is 2. The van der Waals surface area contributed by atoms with Crippen molar-refractivity contribution in [1.82, 2.24) is 14.3 Å². The average molecular weight is 464 g/mol. The second kappa shape index (κ2) is 7.59. The highest BCUT2D eigenvalue weighted by molar-refractivity contribution is 7.90. The maximum Gasteiger partial charge on any atom is 0.418 e. The van der Waals surface area contributed by atoms with Crippen LogP contribution < -0.4 is 4.72 Å². The Hall–Kier alpha value is -2.39. The van der Waals surface area contributed by atoms with Gasteiger partial charge in [0.2, 0.25) is 10.0 Å². The van der Waals surface area contributed by atoms with Gasteiger partial charge in [0.15, 0.2) is 0 Å². The van der Waals surface area contributed by atoms with Crippen molar-refractivity contribution < 1.29 is 21.6 Å². The van der Waals surface area contributed by atoms with Gasteiger partial charge in [-0.1, -0.05) is 19.1 Å². The van der Waals surface area contributed by atoms with E-state index in [9.17, 15) is 21.6 Å². The Morgan fingerprint density at radius 3 is 2.69 bits per heavy atom. The van der Waals surface area contributed by atoms with Crippen molar-refractivity contribution in [3.8, 4) is 11.3 Å². The number of hydrogen-bond donors (Lipinski definition) is 1. The Labute approximate surface area is 184 Å². The summed E-state index contributed by atoms with van der Waals surface area (Å²) in [6.45, 7) is 2.94. The van der Waals surface area contributed by atoms with Crippen LogP contribution in [0.3, 0.4) is 0 Å². The fourth-order valence-electron chi connectivity index (χ4n) is 4.41. The van der Waals surface area contributed by atoms with Crippen LogP contribution in [0.2, 0.25) is 0 Å². The number of rotatable bonds is 4. The van der Waals surface area contributed by atoms with Gasteiger partial charge in [-0.3, -0.25) is 4.98 Å². The Bertz CT molecular complexity index is 1290. The van der Waals surface area contributed by atoms with Crippen LogP contribution in [0.25, 0.3) is 22.2 Å². The summed E-state index contributed by atoms with van der Waals surface area (Å²) in [7, 11) is -3.33. The Morgan fingerprint density at radius 2 is 1.97 bits per heavy atom. The molecule has 0 spiro atoms. The molecule has 0 saturated heterocycles. The molecule has 4 heterocycles. The average Bonchev–Trinajstić information content (AvgIpc) is 3.54. The number of fused-ring (bicyclic) bond motifs is 5. The first kappa shape index (κ1) is 21.5. The van der Waals surface area contributed by atoms with Crippen molar-refractivity contribution in [2.45, 2.75) is 57.1 Å². The van der Waals surface area contributed by atoms with Crippen molar-refractivity contribution in [2.75, 3.05) is 0 Å². The summed E-state index contributed by atoms with van der Waals surface area (Å²) in [5, 5.41) is 0.528. The quantitative estimate of drug-likeness (QED) is 0.600. The number of pyridine rings is 1. The zero-order valence-electron chi connectivity index (χ0n) is 17.6. The third kappa shape index (κ3) is 4.03. The smallest absolute Gasteiger partial charge is 0.347 e. The molecule has 5 nitrogen and oxygen atoms in total. The van der Waals surface area contributed by atoms with Gasteiger partial charge in [0, 0.05) is 41.9 Å². The van der Waals surface area contributed by atoms with E-state index in [4.69, 9.17) is 0 Å². The van der Waals surface area contributed by atoms with Crippen LogP contribution in [0, 0.1) is 5.92 Å². The van der Waals surface area contributed by atoms with Crippen LogP contribution in [-0.2, 0) is 35.7 Å². The van der Waals surface area contributed by atoms with E-state index in [0.29, 0.717) is 36.9 Å². The van der Waals surface area contributed by atoms with Crippen molar-refractivity contribution in [3.63, 3.8) is 0 Å². The van der Waals surface area contributed by atoms with E-state index in [1.165, 1.54) is 6.07 Å². The lowest BCUT2D eigenvalue weighted by Crippen LogP contribution is -2.26. The highest BCUT2D eigenvalue weighted by atomic mass is 32.2. The highest BCUT2D eigenvalue weighted by Crippen LogP contribution is 2.38. The zero-order chi connectivity index (χ0) is 22.7. The highest BCUT2D eigenvalue weighted by Gasteiger charge is 2.36. The lowest BCUT2D eigenvalue weighted by atomic mass is 9.97. The van der Waals surface area contributed by atoms with Gasteiger partial charge in [-0.15, -0.1) is 0 Å². The Kier molecular flexibility index (Phi) is 5.09. The maximum atomic E-state index is 13.8. The number of nitrogens with one attached hydrogen (secondary N) is 1. The number of sulfonamides is 1. The summed E-state index contributed by atoms with van der Waals surface area (Å²) in [5.41, 5.74) is 1.77. The largest absolute Gasteiger partial charge is 0.418 e. The van der Waals surface area contributed by atoms with Crippen LogP contribution >= 0.6 is 0 Å². The maximum absolute atomic E-state index is 13.8. The molecule has 170 valence electrons. The Balaban J connectivity index is 1.62. The molecule has 1 saturated carbocycles. The first-order valence-corrected chi connectivity index (χ1v) is 12.3. The first-order chi connectivity index (χ1) is 15.1. The van der Waals surface area contributed by atoms with Crippen LogP contribution in [0.5, 0.6) is 0 Å². The second-order valence-corrected chi connectivity index (χ2v) is 11.0. The second-order valence-electron chi connectivity index (χ2n) is 8.99. The van der Waals surface area contributed by atoms with Gasteiger partial charge in [-0.25, -0.2) is 13.1 Å². The first-order valence-electron chi connectivity index (χ1n) is 10.8. The predicted molar refractivity (Wildman–Crippen MR) is 116 cm³/mol. The fraction of sp³-hybridized carbons (Fsp3) is 0.435. The topological polar surface area (TPSA) is 64.0 Å².